The first-order valence-electron chi connectivity index (χ1n) is 9.70. The van der Waals surface area contributed by atoms with Crippen LogP contribution in [0.15, 0.2) is 72.0 Å². The predicted molar refractivity (Wildman–Crippen MR) is 121 cm³/mol. The van der Waals surface area contributed by atoms with Crippen LogP contribution in [0.4, 0.5) is 0 Å². The Labute approximate surface area is 184 Å². The molecule has 2 aromatic carbocycles. The van der Waals surface area contributed by atoms with Crippen LogP contribution in [0.3, 0.4) is 0 Å². The van der Waals surface area contributed by atoms with E-state index in [-0.39, 0.29) is 17.2 Å². The normalized spacial score (nSPS) is 10.9. The third-order valence-electron chi connectivity index (χ3n) is 4.77. The molecule has 0 spiro atoms. The molecule has 0 radical (unpaired) electrons. The summed E-state index contributed by atoms with van der Waals surface area (Å²) in [7, 11) is 2.87. The lowest BCUT2D eigenvalue weighted by atomic mass is 10.1. The number of nitrogens with one attached hydrogen (secondary N) is 1. The first kappa shape index (κ1) is 20.8. The van der Waals surface area contributed by atoms with Crippen LogP contribution >= 0.6 is 0 Å². The van der Waals surface area contributed by atoms with Crippen LogP contribution in [-0.2, 0) is 0 Å². The summed E-state index contributed by atoms with van der Waals surface area (Å²) in [6.07, 6.45) is 3.11. The molecule has 2 heterocycles. The van der Waals surface area contributed by atoms with Gasteiger partial charge in [0.1, 0.15) is 0 Å². The summed E-state index contributed by atoms with van der Waals surface area (Å²) in [5.74, 6) is -0.0363. The van der Waals surface area contributed by atoms with Gasteiger partial charge in [0.25, 0.3) is 5.91 Å². The van der Waals surface area contributed by atoms with Crippen LogP contribution in [-0.4, -0.2) is 41.4 Å². The fourth-order valence-corrected chi connectivity index (χ4v) is 3.22. The first-order valence-corrected chi connectivity index (χ1v) is 9.70. The van der Waals surface area contributed by atoms with E-state index in [9.17, 15) is 9.90 Å². The number of aromatic nitrogens is 2. The molecule has 32 heavy (non-hydrogen) atoms. The van der Waals surface area contributed by atoms with Crippen molar-refractivity contribution >= 4 is 23.0 Å². The van der Waals surface area contributed by atoms with Crippen LogP contribution in [0.2, 0.25) is 0 Å². The molecule has 160 valence electrons. The van der Waals surface area contributed by atoms with Gasteiger partial charge in [-0.05, 0) is 36.4 Å². The number of hydrazone groups is 1. The Bertz CT molecular complexity index is 1280. The van der Waals surface area contributed by atoms with Gasteiger partial charge < -0.3 is 14.6 Å². The van der Waals surface area contributed by atoms with Crippen molar-refractivity contribution < 1.29 is 19.4 Å². The molecule has 2 N–H and O–H groups in total. The van der Waals surface area contributed by atoms with Crippen molar-refractivity contribution in [2.75, 3.05) is 14.2 Å². The first-order chi connectivity index (χ1) is 15.6. The van der Waals surface area contributed by atoms with Gasteiger partial charge in [-0.25, -0.2) is 10.4 Å². The van der Waals surface area contributed by atoms with Gasteiger partial charge in [0, 0.05) is 17.1 Å². The summed E-state index contributed by atoms with van der Waals surface area (Å²) < 4.78 is 10.3. The number of pyridine rings is 2. The molecule has 2 aromatic heterocycles. The average molecular weight is 428 g/mol. The monoisotopic (exact) mass is 428 g/mol. The summed E-state index contributed by atoms with van der Waals surface area (Å²) in [4.78, 5) is 21.9. The molecule has 8 heteroatoms. The number of nitrogens with zero attached hydrogens (tertiary/aromatic N) is 3. The van der Waals surface area contributed by atoms with E-state index in [0.29, 0.717) is 33.4 Å². The number of methoxy groups -OCH3 is 2. The summed E-state index contributed by atoms with van der Waals surface area (Å²) >= 11 is 0. The van der Waals surface area contributed by atoms with Crippen molar-refractivity contribution in [1.29, 1.82) is 0 Å². The topological polar surface area (TPSA) is 106 Å². The number of hydrogen-bond donors (Lipinski definition) is 2. The predicted octanol–water partition coefficient (Wildman–Crippen LogP) is 3.78. The maximum Gasteiger partial charge on any atom is 0.272 e. The van der Waals surface area contributed by atoms with E-state index in [1.54, 1.807) is 24.4 Å². The fourth-order valence-electron chi connectivity index (χ4n) is 3.22. The number of phenols is 1. The molecule has 0 bridgehead atoms. The number of carbonyl (C=O) groups is 1. The molecular weight excluding hydrogens is 408 g/mol. The van der Waals surface area contributed by atoms with Gasteiger partial charge in [0.2, 0.25) is 5.75 Å². The highest BCUT2D eigenvalue weighted by Crippen LogP contribution is 2.36. The number of benzene rings is 2. The lowest BCUT2D eigenvalue weighted by molar-refractivity contribution is 0.0956. The molecule has 0 aliphatic carbocycles. The van der Waals surface area contributed by atoms with Crippen molar-refractivity contribution in [2.24, 2.45) is 5.10 Å². The molecule has 8 nitrogen and oxygen atoms in total. The quantitative estimate of drug-likeness (QED) is 0.358. The van der Waals surface area contributed by atoms with Gasteiger partial charge in [-0.1, -0.05) is 24.3 Å². The van der Waals surface area contributed by atoms with Gasteiger partial charge in [-0.2, -0.15) is 5.10 Å². The van der Waals surface area contributed by atoms with Crippen LogP contribution in [0.5, 0.6) is 17.2 Å². The molecule has 0 atom stereocenters. The zero-order valence-corrected chi connectivity index (χ0v) is 17.4. The number of aromatic hydroxyl groups is 1. The number of para-hydroxylation sites is 1. The number of hydrogen-bond acceptors (Lipinski definition) is 7. The second-order valence-electron chi connectivity index (χ2n) is 6.76. The van der Waals surface area contributed by atoms with Crippen molar-refractivity contribution in [3.8, 4) is 28.6 Å². The van der Waals surface area contributed by atoms with Gasteiger partial charge in [-0.3, -0.25) is 9.78 Å². The smallest absolute Gasteiger partial charge is 0.272 e. The minimum Gasteiger partial charge on any atom is -0.502 e. The van der Waals surface area contributed by atoms with Gasteiger partial charge in [0.15, 0.2) is 11.5 Å². The van der Waals surface area contributed by atoms with Crippen LogP contribution < -0.4 is 14.9 Å². The minimum absolute atomic E-state index is 0.110. The second kappa shape index (κ2) is 9.13. The van der Waals surface area contributed by atoms with Crippen LogP contribution in [0, 0.1) is 0 Å². The Balaban J connectivity index is 1.65. The molecule has 0 saturated heterocycles. The van der Waals surface area contributed by atoms with E-state index >= 15 is 0 Å². The molecule has 0 fully saturated rings. The standard InChI is InChI=1S/C24H20N4O4/c1-31-21-11-15(12-22(32-2)23(21)29)14-26-28-24(30)17-13-20(19-9-5-6-10-25-19)27-18-8-4-3-7-16(17)18/h3-14,29H,1-2H3,(H,28,30)/b26-14+. The molecule has 0 unspecified atom stereocenters. The molecule has 0 aliphatic rings. The Morgan fingerprint density at radius 2 is 1.72 bits per heavy atom. The third-order valence-corrected chi connectivity index (χ3v) is 4.77. The summed E-state index contributed by atoms with van der Waals surface area (Å²) in [6.45, 7) is 0. The van der Waals surface area contributed by atoms with Crippen molar-refractivity contribution in [1.82, 2.24) is 15.4 Å². The van der Waals surface area contributed by atoms with Crippen LogP contribution in [0.1, 0.15) is 15.9 Å². The van der Waals surface area contributed by atoms with Gasteiger partial charge >= 0.3 is 0 Å². The van der Waals surface area contributed by atoms with Gasteiger partial charge in [0.05, 0.1) is 42.9 Å². The fraction of sp³-hybridized carbons (Fsp3) is 0.0833. The zero-order chi connectivity index (χ0) is 22.5. The van der Waals surface area contributed by atoms with Crippen molar-refractivity contribution in [3.05, 3.63) is 78.0 Å². The number of fused-ring (bicyclic) bond motifs is 1. The SMILES string of the molecule is COc1cc(/C=N/NC(=O)c2cc(-c3ccccn3)nc3ccccc23)cc(OC)c1O. The Morgan fingerprint density at radius 3 is 2.41 bits per heavy atom. The minimum atomic E-state index is -0.394. The Kier molecular flexibility index (Phi) is 5.94. The lowest BCUT2D eigenvalue weighted by Crippen LogP contribution is -2.18. The van der Waals surface area contributed by atoms with E-state index in [4.69, 9.17) is 9.47 Å². The van der Waals surface area contributed by atoms with Crippen molar-refractivity contribution in [3.63, 3.8) is 0 Å². The Hall–Kier alpha value is -4.46. The zero-order valence-electron chi connectivity index (χ0n) is 17.4. The number of phenolic OH excluding ortho intramolecular Hbond substituents is 1. The van der Waals surface area contributed by atoms with E-state index in [1.807, 2.05) is 42.5 Å². The Morgan fingerprint density at radius 1 is 1.00 bits per heavy atom. The van der Waals surface area contributed by atoms with Crippen molar-refractivity contribution in [2.45, 2.75) is 0 Å². The van der Waals surface area contributed by atoms with Gasteiger partial charge in [-0.15, -0.1) is 0 Å². The molecule has 4 aromatic rings. The number of rotatable bonds is 6. The third kappa shape index (κ3) is 4.20. The van der Waals surface area contributed by atoms with E-state index < -0.39 is 5.91 Å². The average Bonchev–Trinajstić information content (AvgIpc) is 2.84. The van der Waals surface area contributed by atoms with E-state index in [1.165, 1.54) is 20.4 Å². The highest BCUT2D eigenvalue weighted by molar-refractivity contribution is 6.07. The van der Waals surface area contributed by atoms with E-state index in [0.717, 1.165) is 0 Å². The second-order valence-corrected chi connectivity index (χ2v) is 6.76. The number of amides is 1. The molecule has 4 rings (SSSR count). The lowest BCUT2D eigenvalue weighted by Gasteiger charge is -2.09. The number of carbonyl (C=O) groups excluding carboxylic acids is 1. The molecule has 1 amide bonds. The van der Waals surface area contributed by atoms with Crippen LogP contribution in [0.25, 0.3) is 22.3 Å². The molecule has 0 saturated carbocycles. The van der Waals surface area contributed by atoms with E-state index in [2.05, 4.69) is 20.5 Å². The molecule has 0 aliphatic heterocycles. The number of ether oxygens (including phenoxy) is 2. The summed E-state index contributed by atoms with van der Waals surface area (Å²) in [5, 5.41) is 14.8. The molecular formula is C24H20N4O4. The largest absolute Gasteiger partial charge is 0.502 e. The highest BCUT2D eigenvalue weighted by atomic mass is 16.5. The maximum absolute atomic E-state index is 13.0. The highest BCUT2D eigenvalue weighted by Gasteiger charge is 2.14. The summed E-state index contributed by atoms with van der Waals surface area (Å²) in [6, 6.07) is 17.8. The summed E-state index contributed by atoms with van der Waals surface area (Å²) in [5.41, 5.74) is 5.48. The maximum atomic E-state index is 13.0.